The number of anilines is 1. The van der Waals surface area contributed by atoms with E-state index in [1.807, 2.05) is 6.92 Å². The standard InChI is InChI=1S/C26H33Cl2F2N3O4S/c1-4-6-13-31-26(35)24(5-2)32(17-18-9-10-19(27)15-21(18)28)25(34)8-7-14-33(38(3,36)37)20-11-12-22(29)23(30)16-20/h9-12,15-16,24H,4-8,13-14,17H2,1-3H3,(H,31,35)/t24-/m1/s1. The SMILES string of the molecule is CCCCNC(=O)[C@@H](CC)N(Cc1ccc(Cl)cc1Cl)C(=O)CCCN(c1ccc(F)c(F)c1)S(C)(=O)=O. The molecule has 2 aromatic rings. The average Bonchev–Trinajstić information content (AvgIpc) is 2.84. The molecule has 0 unspecified atom stereocenters. The molecule has 0 bridgehead atoms. The Hall–Kier alpha value is -2.43. The Morgan fingerprint density at radius 2 is 1.74 bits per heavy atom. The lowest BCUT2D eigenvalue weighted by atomic mass is 10.1. The Bertz CT molecular complexity index is 1230. The normalized spacial score (nSPS) is 12.2. The molecule has 0 spiro atoms. The maximum absolute atomic E-state index is 13.7. The Balaban J connectivity index is 2.25. The van der Waals surface area contributed by atoms with Crippen molar-refractivity contribution in [2.45, 2.75) is 58.5 Å². The molecule has 0 saturated heterocycles. The molecule has 0 heterocycles. The molecule has 1 atom stereocenters. The molecule has 2 amide bonds. The predicted molar refractivity (Wildman–Crippen MR) is 147 cm³/mol. The zero-order valence-corrected chi connectivity index (χ0v) is 24.0. The van der Waals surface area contributed by atoms with E-state index >= 15 is 0 Å². The van der Waals surface area contributed by atoms with Crippen LogP contribution < -0.4 is 9.62 Å². The number of hydrogen-bond acceptors (Lipinski definition) is 4. The fourth-order valence-electron chi connectivity index (χ4n) is 3.90. The van der Waals surface area contributed by atoms with E-state index in [9.17, 15) is 26.8 Å². The van der Waals surface area contributed by atoms with Gasteiger partial charge in [0.25, 0.3) is 0 Å². The van der Waals surface area contributed by atoms with Crippen molar-refractivity contribution in [3.63, 3.8) is 0 Å². The molecule has 0 aromatic heterocycles. The Morgan fingerprint density at radius 1 is 1.03 bits per heavy atom. The number of amides is 2. The third-order valence-corrected chi connectivity index (χ3v) is 7.70. The molecule has 0 aliphatic rings. The van der Waals surface area contributed by atoms with E-state index in [1.54, 1.807) is 25.1 Å². The zero-order chi connectivity index (χ0) is 28.5. The van der Waals surface area contributed by atoms with Crippen molar-refractivity contribution in [2.75, 3.05) is 23.7 Å². The maximum Gasteiger partial charge on any atom is 0.242 e. The van der Waals surface area contributed by atoms with Gasteiger partial charge in [-0.15, -0.1) is 0 Å². The van der Waals surface area contributed by atoms with Crippen LogP contribution in [-0.2, 0) is 26.2 Å². The van der Waals surface area contributed by atoms with Crippen molar-refractivity contribution >= 4 is 50.7 Å². The van der Waals surface area contributed by atoms with Gasteiger partial charge >= 0.3 is 0 Å². The van der Waals surface area contributed by atoms with Crippen molar-refractivity contribution in [1.29, 1.82) is 0 Å². The van der Waals surface area contributed by atoms with Crippen LogP contribution in [0.15, 0.2) is 36.4 Å². The molecule has 38 heavy (non-hydrogen) atoms. The summed E-state index contributed by atoms with van der Waals surface area (Å²) in [6.45, 7) is 4.18. The van der Waals surface area contributed by atoms with E-state index in [0.29, 0.717) is 28.6 Å². The molecule has 0 fully saturated rings. The molecule has 210 valence electrons. The van der Waals surface area contributed by atoms with Crippen molar-refractivity contribution in [3.8, 4) is 0 Å². The molecule has 7 nitrogen and oxygen atoms in total. The molecule has 12 heteroatoms. The van der Waals surface area contributed by atoms with Crippen LogP contribution >= 0.6 is 23.2 Å². The van der Waals surface area contributed by atoms with Gasteiger partial charge in [0.2, 0.25) is 21.8 Å². The summed E-state index contributed by atoms with van der Waals surface area (Å²) in [5.74, 6) is -2.96. The lowest BCUT2D eigenvalue weighted by Gasteiger charge is -2.31. The minimum atomic E-state index is -3.85. The maximum atomic E-state index is 13.7. The third-order valence-electron chi connectivity index (χ3n) is 5.91. The number of hydrogen-bond donors (Lipinski definition) is 1. The monoisotopic (exact) mass is 591 g/mol. The number of rotatable bonds is 14. The van der Waals surface area contributed by atoms with Crippen LogP contribution in [0.1, 0.15) is 51.5 Å². The topological polar surface area (TPSA) is 86.8 Å². The number of carbonyl (C=O) groups is 2. The number of benzene rings is 2. The first-order valence-corrected chi connectivity index (χ1v) is 14.9. The van der Waals surface area contributed by atoms with Gasteiger partial charge in [-0.2, -0.15) is 0 Å². The van der Waals surface area contributed by atoms with Gasteiger partial charge in [-0.05, 0) is 49.1 Å². The summed E-state index contributed by atoms with van der Waals surface area (Å²) in [6.07, 6.45) is 2.96. The van der Waals surface area contributed by atoms with E-state index in [2.05, 4.69) is 5.32 Å². The third kappa shape index (κ3) is 9.10. The fourth-order valence-corrected chi connectivity index (χ4v) is 5.33. The second-order valence-electron chi connectivity index (χ2n) is 8.86. The van der Waals surface area contributed by atoms with Gasteiger partial charge in [0.15, 0.2) is 11.6 Å². The van der Waals surface area contributed by atoms with E-state index in [-0.39, 0.29) is 43.4 Å². The number of sulfonamides is 1. The van der Waals surface area contributed by atoms with Crippen LogP contribution in [0.4, 0.5) is 14.5 Å². The molecule has 1 N–H and O–H groups in total. The van der Waals surface area contributed by atoms with Crippen LogP contribution in [0, 0.1) is 11.6 Å². The van der Waals surface area contributed by atoms with Crippen molar-refractivity contribution in [3.05, 3.63) is 63.6 Å². The van der Waals surface area contributed by atoms with Crippen LogP contribution in [0.3, 0.4) is 0 Å². The van der Waals surface area contributed by atoms with Crippen LogP contribution in [0.25, 0.3) is 0 Å². The van der Waals surface area contributed by atoms with Gasteiger partial charge in [0, 0.05) is 42.2 Å². The van der Waals surface area contributed by atoms with Crippen LogP contribution in [0.5, 0.6) is 0 Å². The largest absolute Gasteiger partial charge is 0.354 e. The molecule has 0 aliphatic carbocycles. The fraction of sp³-hybridized carbons (Fsp3) is 0.462. The highest BCUT2D eigenvalue weighted by atomic mass is 35.5. The molecule has 0 saturated carbocycles. The van der Waals surface area contributed by atoms with E-state index in [4.69, 9.17) is 23.2 Å². The van der Waals surface area contributed by atoms with Gasteiger partial charge in [0.05, 0.1) is 11.9 Å². The second-order valence-corrected chi connectivity index (χ2v) is 11.6. The Labute approximate surface area is 233 Å². The average molecular weight is 593 g/mol. The van der Waals surface area contributed by atoms with Gasteiger partial charge < -0.3 is 10.2 Å². The highest BCUT2D eigenvalue weighted by Crippen LogP contribution is 2.25. The first kappa shape index (κ1) is 31.8. The van der Waals surface area contributed by atoms with Crippen molar-refractivity contribution < 1.29 is 26.8 Å². The molecular weight excluding hydrogens is 559 g/mol. The highest BCUT2D eigenvalue weighted by molar-refractivity contribution is 7.92. The summed E-state index contributed by atoms with van der Waals surface area (Å²) >= 11 is 12.3. The first-order chi connectivity index (χ1) is 17.9. The van der Waals surface area contributed by atoms with E-state index in [0.717, 1.165) is 41.6 Å². The van der Waals surface area contributed by atoms with Crippen molar-refractivity contribution in [2.24, 2.45) is 0 Å². The van der Waals surface area contributed by atoms with Gasteiger partial charge in [0.1, 0.15) is 6.04 Å². The number of nitrogens with zero attached hydrogens (tertiary/aromatic N) is 2. The quantitative estimate of drug-likeness (QED) is 0.292. The summed E-state index contributed by atoms with van der Waals surface area (Å²) in [7, 11) is -3.85. The van der Waals surface area contributed by atoms with E-state index < -0.39 is 27.7 Å². The number of unbranched alkanes of at least 4 members (excludes halogenated alkanes) is 1. The van der Waals surface area contributed by atoms with Crippen LogP contribution in [0.2, 0.25) is 10.0 Å². The molecule has 0 aliphatic heterocycles. The Kier molecular flexibility index (Phi) is 12.3. The number of nitrogens with one attached hydrogen (secondary N) is 1. The van der Waals surface area contributed by atoms with Gasteiger partial charge in [-0.1, -0.05) is 49.5 Å². The zero-order valence-electron chi connectivity index (χ0n) is 21.6. The van der Waals surface area contributed by atoms with Crippen LogP contribution in [-0.4, -0.2) is 50.5 Å². The highest BCUT2D eigenvalue weighted by Gasteiger charge is 2.29. The van der Waals surface area contributed by atoms with E-state index in [1.165, 1.54) is 4.90 Å². The molecular formula is C26H33Cl2F2N3O4S. The van der Waals surface area contributed by atoms with Crippen molar-refractivity contribution in [1.82, 2.24) is 10.2 Å². The molecule has 2 aromatic carbocycles. The number of carbonyl (C=O) groups excluding carboxylic acids is 2. The summed E-state index contributed by atoms with van der Waals surface area (Å²) in [6, 6.07) is 6.89. The van der Waals surface area contributed by atoms with Gasteiger partial charge in [-0.25, -0.2) is 17.2 Å². The molecule has 2 rings (SSSR count). The lowest BCUT2D eigenvalue weighted by molar-refractivity contribution is -0.141. The summed E-state index contributed by atoms with van der Waals surface area (Å²) in [5.41, 5.74) is 0.550. The summed E-state index contributed by atoms with van der Waals surface area (Å²) in [5, 5.41) is 3.64. The minimum Gasteiger partial charge on any atom is -0.354 e. The second kappa shape index (κ2) is 14.6. The number of halogens is 4. The lowest BCUT2D eigenvalue weighted by Crippen LogP contribution is -2.49. The molecule has 0 radical (unpaired) electrons. The Morgan fingerprint density at radius 3 is 2.32 bits per heavy atom. The predicted octanol–water partition coefficient (Wildman–Crippen LogP) is 5.54. The van der Waals surface area contributed by atoms with Gasteiger partial charge in [-0.3, -0.25) is 13.9 Å². The summed E-state index contributed by atoms with van der Waals surface area (Å²) in [4.78, 5) is 27.8. The smallest absolute Gasteiger partial charge is 0.242 e. The first-order valence-electron chi connectivity index (χ1n) is 12.3. The minimum absolute atomic E-state index is 0.0491. The summed E-state index contributed by atoms with van der Waals surface area (Å²) < 4.78 is 52.7.